The van der Waals surface area contributed by atoms with Gasteiger partial charge in [0.25, 0.3) is 0 Å². The van der Waals surface area contributed by atoms with Crippen LogP contribution < -0.4 is 0 Å². The van der Waals surface area contributed by atoms with Crippen LogP contribution in [-0.2, 0) is 14.3 Å². The van der Waals surface area contributed by atoms with Crippen LogP contribution in [0.4, 0.5) is 0 Å². The number of ketones is 1. The largest absolute Gasteiger partial charge is 0.462 e. The first-order chi connectivity index (χ1) is 9.20. The van der Waals surface area contributed by atoms with E-state index in [-0.39, 0.29) is 34.7 Å². The molecule has 0 saturated heterocycles. The van der Waals surface area contributed by atoms with Crippen LogP contribution in [0.3, 0.4) is 0 Å². The average molecular weight is 276 g/mol. The molecular weight excluding hydrogens is 252 g/mol. The first-order valence-corrected chi connectivity index (χ1v) is 7.58. The summed E-state index contributed by atoms with van der Waals surface area (Å²) in [5.74, 6) is 0.578. The molecule has 0 radical (unpaired) electrons. The van der Waals surface area contributed by atoms with Crippen LogP contribution in [0, 0.1) is 28.6 Å². The molecule has 3 aliphatic rings. The van der Waals surface area contributed by atoms with Crippen molar-refractivity contribution in [3.8, 4) is 0 Å². The van der Waals surface area contributed by atoms with E-state index in [9.17, 15) is 9.59 Å². The molecule has 0 heterocycles. The zero-order chi connectivity index (χ0) is 14.9. The summed E-state index contributed by atoms with van der Waals surface area (Å²) in [6, 6.07) is 0. The number of rotatable bonds is 1. The summed E-state index contributed by atoms with van der Waals surface area (Å²) in [4.78, 5) is 24.0. The molecule has 5 atom stereocenters. The molecule has 3 nitrogen and oxygen atoms in total. The Balaban J connectivity index is 2.10. The molecule has 0 aromatic carbocycles. The maximum atomic E-state index is 12.6. The van der Waals surface area contributed by atoms with Gasteiger partial charge in [-0.05, 0) is 17.8 Å². The summed E-state index contributed by atoms with van der Waals surface area (Å²) in [5.41, 5.74) is 1.18. The molecule has 0 unspecified atom stereocenters. The molecule has 0 N–H and O–H groups in total. The van der Waals surface area contributed by atoms with E-state index in [1.807, 2.05) is 0 Å². The first-order valence-electron chi connectivity index (χ1n) is 7.58. The molecule has 3 saturated carbocycles. The quantitative estimate of drug-likeness (QED) is 0.546. The second-order valence-electron chi connectivity index (χ2n) is 7.74. The highest BCUT2D eigenvalue weighted by Crippen LogP contribution is 2.71. The predicted molar refractivity (Wildman–Crippen MR) is 75.9 cm³/mol. The standard InChI is InChI=1S/C17H24O3/c1-9-6-12(19)14-15-13(20-11(3)18)7-10(2)17(9,15)8-16(14,4)5/h9,13-15H,2,6-8H2,1,3-5H3/t9-,13+,14-,15-,17+/m0/s1. The summed E-state index contributed by atoms with van der Waals surface area (Å²) >= 11 is 0. The van der Waals surface area contributed by atoms with Crippen molar-refractivity contribution < 1.29 is 14.3 Å². The van der Waals surface area contributed by atoms with Crippen LogP contribution in [0.2, 0.25) is 0 Å². The Labute approximate surface area is 120 Å². The molecule has 20 heavy (non-hydrogen) atoms. The molecule has 0 aromatic rings. The van der Waals surface area contributed by atoms with Gasteiger partial charge in [0.1, 0.15) is 11.9 Å². The molecule has 0 spiro atoms. The van der Waals surface area contributed by atoms with E-state index in [1.54, 1.807) is 0 Å². The SMILES string of the molecule is C=C1C[C@@H](OC(C)=O)[C@H]2[C@@H]3C(=O)C[C@H](C)[C@]12CC3(C)C. The highest BCUT2D eigenvalue weighted by molar-refractivity contribution is 5.85. The number of esters is 1. The maximum absolute atomic E-state index is 12.6. The number of ether oxygens (including phenoxy) is 1. The zero-order valence-corrected chi connectivity index (χ0v) is 12.9. The molecule has 0 aromatic heterocycles. The van der Waals surface area contributed by atoms with Crippen molar-refractivity contribution in [3.05, 3.63) is 12.2 Å². The van der Waals surface area contributed by atoms with Gasteiger partial charge in [-0.3, -0.25) is 9.59 Å². The zero-order valence-electron chi connectivity index (χ0n) is 12.9. The highest BCUT2D eigenvalue weighted by atomic mass is 16.5. The second kappa shape index (κ2) is 3.96. The van der Waals surface area contributed by atoms with Crippen molar-refractivity contribution in [2.75, 3.05) is 0 Å². The fourth-order valence-corrected chi connectivity index (χ4v) is 5.66. The van der Waals surface area contributed by atoms with Crippen LogP contribution in [-0.4, -0.2) is 17.9 Å². The Morgan fingerprint density at radius 2 is 2.00 bits per heavy atom. The Morgan fingerprint density at radius 3 is 2.60 bits per heavy atom. The maximum Gasteiger partial charge on any atom is 0.302 e. The number of carbonyl (C=O) groups is 2. The van der Waals surface area contributed by atoms with Crippen molar-refractivity contribution in [3.63, 3.8) is 0 Å². The summed E-state index contributed by atoms with van der Waals surface area (Å²) in [6.07, 6.45) is 2.22. The minimum absolute atomic E-state index is 0.00218. The van der Waals surface area contributed by atoms with E-state index in [4.69, 9.17) is 4.74 Å². The van der Waals surface area contributed by atoms with Crippen LogP contribution >= 0.6 is 0 Å². The lowest BCUT2D eigenvalue weighted by Crippen LogP contribution is -2.45. The fraction of sp³-hybridized carbons (Fsp3) is 0.765. The number of hydrogen-bond acceptors (Lipinski definition) is 3. The molecule has 3 heteroatoms. The van der Waals surface area contributed by atoms with E-state index in [1.165, 1.54) is 12.5 Å². The molecule has 3 rings (SSSR count). The van der Waals surface area contributed by atoms with Crippen molar-refractivity contribution in [2.24, 2.45) is 28.6 Å². The van der Waals surface area contributed by atoms with Gasteiger partial charge in [0.15, 0.2) is 0 Å². The van der Waals surface area contributed by atoms with Crippen LogP contribution in [0.15, 0.2) is 12.2 Å². The molecule has 0 amide bonds. The summed E-state index contributed by atoms with van der Waals surface area (Å²) in [5, 5.41) is 0. The van der Waals surface area contributed by atoms with Crippen molar-refractivity contribution in [1.29, 1.82) is 0 Å². The fourth-order valence-electron chi connectivity index (χ4n) is 5.66. The Hall–Kier alpha value is -1.12. The third-order valence-corrected chi connectivity index (χ3v) is 6.10. The lowest BCUT2D eigenvalue weighted by atomic mass is 9.61. The van der Waals surface area contributed by atoms with E-state index >= 15 is 0 Å². The van der Waals surface area contributed by atoms with Crippen LogP contribution in [0.25, 0.3) is 0 Å². The van der Waals surface area contributed by atoms with E-state index < -0.39 is 0 Å². The van der Waals surface area contributed by atoms with Gasteiger partial charge in [-0.1, -0.05) is 32.9 Å². The van der Waals surface area contributed by atoms with Gasteiger partial charge in [0.05, 0.1) is 0 Å². The molecule has 2 bridgehead atoms. The van der Waals surface area contributed by atoms with Gasteiger partial charge in [-0.15, -0.1) is 0 Å². The molecule has 110 valence electrons. The number of carbonyl (C=O) groups excluding carboxylic acids is 2. The van der Waals surface area contributed by atoms with E-state index in [2.05, 4.69) is 27.4 Å². The van der Waals surface area contributed by atoms with Gasteiger partial charge in [-0.2, -0.15) is 0 Å². The minimum Gasteiger partial charge on any atom is -0.462 e. The smallest absolute Gasteiger partial charge is 0.302 e. The van der Waals surface area contributed by atoms with Crippen molar-refractivity contribution in [1.82, 2.24) is 0 Å². The first kappa shape index (κ1) is 13.8. The second-order valence-corrected chi connectivity index (χ2v) is 7.74. The lowest BCUT2D eigenvalue weighted by Gasteiger charge is -2.42. The monoisotopic (exact) mass is 276 g/mol. The minimum atomic E-state index is -0.247. The lowest BCUT2D eigenvalue weighted by molar-refractivity contribution is -0.154. The van der Waals surface area contributed by atoms with Gasteiger partial charge < -0.3 is 4.74 Å². The Morgan fingerprint density at radius 1 is 1.35 bits per heavy atom. The van der Waals surface area contributed by atoms with Gasteiger partial charge >= 0.3 is 5.97 Å². The number of Topliss-reactive ketones (excluding diaryl/α,β-unsaturated/α-hetero) is 1. The summed E-state index contributed by atoms with van der Waals surface area (Å²) in [6.45, 7) is 12.3. The summed E-state index contributed by atoms with van der Waals surface area (Å²) in [7, 11) is 0. The normalized spacial score (nSPS) is 45.4. The van der Waals surface area contributed by atoms with Gasteiger partial charge in [0, 0.05) is 37.0 Å². The van der Waals surface area contributed by atoms with Gasteiger partial charge in [0.2, 0.25) is 0 Å². The third-order valence-electron chi connectivity index (χ3n) is 6.10. The molecule has 3 aliphatic carbocycles. The van der Waals surface area contributed by atoms with Gasteiger partial charge in [-0.25, -0.2) is 0 Å². The summed E-state index contributed by atoms with van der Waals surface area (Å²) < 4.78 is 5.56. The predicted octanol–water partition coefficient (Wildman–Crippen LogP) is 3.14. The molecule has 0 aliphatic heterocycles. The number of hydrogen-bond donors (Lipinski definition) is 0. The Bertz CT molecular complexity index is 504. The Kier molecular flexibility index (Phi) is 2.74. The van der Waals surface area contributed by atoms with E-state index in [0.29, 0.717) is 18.1 Å². The van der Waals surface area contributed by atoms with Crippen molar-refractivity contribution >= 4 is 11.8 Å². The third kappa shape index (κ3) is 1.52. The molecule has 3 fully saturated rings. The highest BCUT2D eigenvalue weighted by Gasteiger charge is 2.70. The van der Waals surface area contributed by atoms with Crippen LogP contribution in [0.1, 0.15) is 47.0 Å². The average Bonchev–Trinajstić information content (AvgIpc) is 2.66. The van der Waals surface area contributed by atoms with Crippen molar-refractivity contribution in [2.45, 2.75) is 53.1 Å². The van der Waals surface area contributed by atoms with Crippen LogP contribution in [0.5, 0.6) is 0 Å². The topological polar surface area (TPSA) is 43.4 Å². The molecular formula is C17H24O3. The van der Waals surface area contributed by atoms with E-state index in [0.717, 1.165) is 12.8 Å².